The highest BCUT2D eigenvalue weighted by Gasteiger charge is 2.05. The number of amides is 1. The molecule has 1 rings (SSSR count). The lowest BCUT2D eigenvalue weighted by Crippen LogP contribution is -2.15. The average Bonchev–Trinajstić information content (AvgIpc) is 2.49. The predicted molar refractivity (Wildman–Crippen MR) is 87.4 cm³/mol. The number of carbonyl (C=O) groups is 2. The minimum atomic E-state index is -0.0310. The summed E-state index contributed by atoms with van der Waals surface area (Å²) in [7, 11) is 1.76. The molecule has 2 N–H and O–H groups in total. The smallest absolute Gasteiger partial charge is 0.225 e. The van der Waals surface area contributed by atoms with E-state index >= 15 is 0 Å². The Morgan fingerprint density at radius 1 is 1.24 bits per heavy atom. The predicted octanol–water partition coefficient (Wildman–Crippen LogP) is 3.12. The van der Waals surface area contributed by atoms with Gasteiger partial charge < -0.3 is 15.4 Å². The Hall–Kier alpha value is -1.98. The number of nitrogens with zero attached hydrogens (tertiary/aromatic N) is 2. The molecule has 0 atom stereocenters. The van der Waals surface area contributed by atoms with Crippen LogP contribution in [0.1, 0.15) is 47.5 Å². The Labute approximate surface area is 127 Å². The third kappa shape index (κ3) is 12.8. The topological polar surface area (TPSA) is 84.0 Å². The molecule has 120 valence electrons. The van der Waals surface area contributed by atoms with E-state index < -0.39 is 0 Å². The standard InChI is InChI=1S/C10H16N4O.C3H6O.C2H6/c1-7(2)4-10(15)14-9-6-12-8(11-3)5-13-9;1-2-3-4;1-2/h5-7H,4H2,1-3H3,(H,11,12)(H,13,14,15);3H,2H2,1H3;1-2H3. The molecule has 1 heterocycles. The van der Waals surface area contributed by atoms with Crippen LogP contribution in [0.2, 0.25) is 0 Å². The van der Waals surface area contributed by atoms with Gasteiger partial charge in [-0.2, -0.15) is 0 Å². The van der Waals surface area contributed by atoms with Gasteiger partial charge in [-0.3, -0.25) is 4.79 Å². The van der Waals surface area contributed by atoms with Crippen LogP contribution in [0.5, 0.6) is 0 Å². The highest BCUT2D eigenvalue weighted by molar-refractivity contribution is 5.89. The number of rotatable bonds is 5. The molecule has 1 amide bonds. The normalized spacial score (nSPS) is 8.71. The lowest BCUT2D eigenvalue weighted by Gasteiger charge is -2.06. The Morgan fingerprint density at radius 2 is 1.71 bits per heavy atom. The van der Waals surface area contributed by atoms with E-state index in [1.165, 1.54) is 6.20 Å². The summed E-state index contributed by atoms with van der Waals surface area (Å²) in [6.45, 7) is 9.80. The molecule has 21 heavy (non-hydrogen) atoms. The zero-order valence-electron chi connectivity index (χ0n) is 13.9. The monoisotopic (exact) mass is 296 g/mol. The Balaban J connectivity index is 0. The lowest BCUT2D eigenvalue weighted by molar-refractivity contribution is -0.116. The van der Waals surface area contributed by atoms with Crippen LogP contribution in [0.3, 0.4) is 0 Å². The summed E-state index contributed by atoms with van der Waals surface area (Å²) in [6.07, 6.45) is 5.12. The molecule has 0 saturated heterocycles. The fourth-order valence-electron chi connectivity index (χ4n) is 1.09. The van der Waals surface area contributed by atoms with Crippen molar-refractivity contribution in [3.63, 3.8) is 0 Å². The number of nitrogens with one attached hydrogen (secondary N) is 2. The summed E-state index contributed by atoms with van der Waals surface area (Å²) in [5.74, 6) is 1.47. The molecule has 0 aliphatic carbocycles. The number of anilines is 2. The molecule has 6 nitrogen and oxygen atoms in total. The molecule has 0 fully saturated rings. The van der Waals surface area contributed by atoms with Crippen molar-refractivity contribution in [3.8, 4) is 0 Å². The van der Waals surface area contributed by atoms with Crippen molar-refractivity contribution < 1.29 is 9.59 Å². The Bertz CT molecular complexity index is 378. The maximum absolute atomic E-state index is 11.4. The van der Waals surface area contributed by atoms with Gasteiger partial charge in [0.2, 0.25) is 5.91 Å². The highest BCUT2D eigenvalue weighted by atomic mass is 16.1. The van der Waals surface area contributed by atoms with Gasteiger partial charge in [0.25, 0.3) is 0 Å². The van der Waals surface area contributed by atoms with E-state index in [1.54, 1.807) is 13.2 Å². The number of hydrogen-bond donors (Lipinski definition) is 2. The van der Waals surface area contributed by atoms with Gasteiger partial charge in [-0.15, -0.1) is 0 Å². The summed E-state index contributed by atoms with van der Waals surface area (Å²) in [4.78, 5) is 28.6. The molecule has 0 saturated carbocycles. The van der Waals surface area contributed by atoms with E-state index in [0.717, 1.165) is 6.29 Å². The van der Waals surface area contributed by atoms with Gasteiger partial charge in [-0.25, -0.2) is 9.97 Å². The van der Waals surface area contributed by atoms with Crippen LogP contribution >= 0.6 is 0 Å². The average molecular weight is 296 g/mol. The summed E-state index contributed by atoms with van der Waals surface area (Å²) in [5.41, 5.74) is 0. The van der Waals surface area contributed by atoms with Gasteiger partial charge >= 0.3 is 0 Å². The van der Waals surface area contributed by atoms with Gasteiger partial charge in [-0.1, -0.05) is 34.6 Å². The summed E-state index contributed by atoms with van der Waals surface area (Å²) in [6, 6.07) is 0. The van der Waals surface area contributed by atoms with Crippen LogP contribution in [0.25, 0.3) is 0 Å². The molecule has 0 aliphatic rings. The van der Waals surface area contributed by atoms with Gasteiger partial charge in [0.15, 0.2) is 5.82 Å². The molecule has 1 aromatic rings. The first-order valence-electron chi connectivity index (χ1n) is 7.26. The molecule has 0 bridgehead atoms. The number of hydrogen-bond acceptors (Lipinski definition) is 5. The quantitative estimate of drug-likeness (QED) is 0.816. The van der Waals surface area contributed by atoms with E-state index in [9.17, 15) is 9.59 Å². The van der Waals surface area contributed by atoms with Gasteiger partial charge in [-0.05, 0) is 5.92 Å². The maximum Gasteiger partial charge on any atom is 0.225 e. The van der Waals surface area contributed by atoms with Crippen molar-refractivity contribution in [1.29, 1.82) is 0 Å². The third-order valence-corrected chi connectivity index (χ3v) is 1.94. The molecule has 6 heteroatoms. The van der Waals surface area contributed by atoms with Gasteiger partial charge in [0, 0.05) is 19.9 Å². The molecule has 1 aromatic heterocycles. The van der Waals surface area contributed by atoms with Crippen molar-refractivity contribution in [1.82, 2.24) is 9.97 Å². The second kappa shape index (κ2) is 14.4. The molecule has 0 radical (unpaired) electrons. The Kier molecular flexibility index (Phi) is 14.6. The van der Waals surface area contributed by atoms with Crippen molar-refractivity contribution in [2.75, 3.05) is 17.7 Å². The van der Waals surface area contributed by atoms with Crippen molar-refractivity contribution >= 4 is 23.8 Å². The van der Waals surface area contributed by atoms with Crippen LogP contribution < -0.4 is 10.6 Å². The lowest BCUT2D eigenvalue weighted by atomic mass is 10.1. The fraction of sp³-hybridized carbons (Fsp3) is 0.600. The Morgan fingerprint density at radius 3 is 2.05 bits per heavy atom. The summed E-state index contributed by atoms with van der Waals surface area (Å²) >= 11 is 0. The van der Waals surface area contributed by atoms with Crippen LogP contribution in [0.15, 0.2) is 12.4 Å². The van der Waals surface area contributed by atoms with E-state index in [2.05, 4.69) is 20.6 Å². The molecule has 0 aliphatic heterocycles. The first-order valence-corrected chi connectivity index (χ1v) is 7.26. The van der Waals surface area contributed by atoms with Crippen LogP contribution in [-0.4, -0.2) is 29.2 Å². The van der Waals surface area contributed by atoms with E-state index in [1.807, 2.05) is 34.6 Å². The first-order chi connectivity index (χ1) is 10.0. The van der Waals surface area contributed by atoms with Crippen LogP contribution in [0, 0.1) is 5.92 Å². The first kappa shape index (κ1) is 21.3. The zero-order chi connectivity index (χ0) is 16.7. The SMILES string of the molecule is CC.CCC=O.CNc1cnc(NC(=O)CC(C)C)cn1. The minimum Gasteiger partial charge on any atom is -0.372 e. The fourth-order valence-corrected chi connectivity index (χ4v) is 1.09. The second-order valence-electron chi connectivity index (χ2n) is 4.26. The van der Waals surface area contributed by atoms with Crippen molar-refractivity contribution in [2.24, 2.45) is 5.92 Å². The molecular formula is C15H28N4O2. The summed E-state index contributed by atoms with van der Waals surface area (Å²) < 4.78 is 0. The highest BCUT2D eigenvalue weighted by Crippen LogP contribution is 2.06. The van der Waals surface area contributed by atoms with E-state index in [-0.39, 0.29) is 5.91 Å². The molecular weight excluding hydrogens is 268 g/mol. The maximum atomic E-state index is 11.4. The molecule has 0 unspecified atom stereocenters. The third-order valence-electron chi connectivity index (χ3n) is 1.94. The van der Waals surface area contributed by atoms with E-state index in [0.29, 0.717) is 30.4 Å². The van der Waals surface area contributed by atoms with Crippen molar-refractivity contribution in [2.45, 2.75) is 47.5 Å². The van der Waals surface area contributed by atoms with Gasteiger partial charge in [0.05, 0.1) is 12.4 Å². The van der Waals surface area contributed by atoms with E-state index in [4.69, 9.17) is 0 Å². The summed E-state index contributed by atoms with van der Waals surface area (Å²) in [5, 5.41) is 5.54. The number of aldehydes is 1. The molecule has 0 spiro atoms. The minimum absolute atomic E-state index is 0.0310. The number of aromatic nitrogens is 2. The zero-order valence-corrected chi connectivity index (χ0v) is 13.9. The van der Waals surface area contributed by atoms with Crippen LogP contribution in [0.4, 0.5) is 11.6 Å². The number of carbonyl (C=O) groups excluding carboxylic acids is 2. The molecule has 0 aromatic carbocycles. The second-order valence-corrected chi connectivity index (χ2v) is 4.26. The van der Waals surface area contributed by atoms with Gasteiger partial charge in [0.1, 0.15) is 12.1 Å². The largest absolute Gasteiger partial charge is 0.372 e. The van der Waals surface area contributed by atoms with Crippen molar-refractivity contribution in [3.05, 3.63) is 12.4 Å². The van der Waals surface area contributed by atoms with Crippen LogP contribution in [-0.2, 0) is 9.59 Å².